The molecular formula is C26H32FN5O3. The third kappa shape index (κ3) is 5.13. The first kappa shape index (κ1) is 24.0. The van der Waals surface area contributed by atoms with E-state index in [1.165, 1.54) is 5.56 Å². The van der Waals surface area contributed by atoms with E-state index >= 15 is 0 Å². The number of pyridine rings is 1. The van der Waals surface area contributed by atoms with Gasteiger partial charge in [0.15, 0.2) is 5.82 Å². The number of β-amino-alcohol motifs (C(OH)–C–C–N with tert-alkyl or cyclic N) is 1. The van der Waals surface area contributed by atoms with Crippen LogP contribution in [0.15, 0.2) is 30.6 Å². The van der Waals surface area contributed by atoms with Crippen LogP contribution in [0.2, 0.25) is 0 Å². The molecule has 8 nitrogen and oxygen atoms in total. The second-order valence-electron chi connectivity index (χ2n) is 9.83. The Morgan fingerprint density at radius 2 is 2.06 bits per heavy atom. The second-order valence-corrected chi connectivity index (χ2v) is 9.83. The molecule has 9 heteroatoms. The SMILES string of the molecule is CC(C)c1c(CN2CC[C@H](O)C2)cnc2ccc(-c3nc(N[C@@H]4CCOC[C@H]4O)ncc3F)cc12. The molecule has 186 valence electrons. The summed E-state index contributed by atoms with van der Waals surface area (Å²) >= 11 is 0. The van der Waals surface area contributed by atoms with Crippen LogP contribution in [0.3, 0.4) is 0 Å². The van der Waals surface area contributed by atoms with E-state index in [4.69, 9.17) is 4.74 Å². The highest BCUT2D eigenvalue weighted by Crippen LogP contribution is 2.33. The fraction of sp³-hybridized carbons (Fsp3) is 0.500. The summed E-state index contributed by atoms with van der Waals surface area (Å²) in [5.74, 6) is 0.000413. The zero-order valence-corrected chi connectivity index (χ0v) is 20.1. The number of fused-ring (bicyclic) bond motifs is 1. The summed E-state index contributed by atoms with van der Waals surface area (Å²) in [7, 11) is 0. The van der Waals surface area contributed by atoms with Gasteiger partial charge in [-0.25, -0.2) is 14.4 Å². The normalized spacial score (nSPS) is 23.3. The Labute approximate surface area is 204 Å². The van der Waals surface area contributed by atoms with Crippen molar-refractivity contribution in [3.63, 3.8) is 0 Å². The van der Waals surface area contributed by atoms with Crippen LogP contribution in [0.4, 0.5) is 10.3 Å². The van der Waals surface area contributed by atoms with Crippen LogP contribution >= 0.6 is 0 Å². The number of rotatable bonds is 6. The lowest BCUT2D eigenvalue weighted by atomic mass is 9.92. The third-order valence-electron chi connectivity index (χ3n) is 6.87. The fourth-order valence-electron chi connectivity index (χ4n) is 5.10. The van der Waals surface area contributed by atoms with E-state index < -0.39 is 11.9 Å². The summed E-state index contributed by atoms with van der Waals surface area (Å²) < 4.78 is 20.2. The van der Waals surface area contributed by atoms with Gasteiger partial charge in [0.25, 0.3) is 0 Å². The van der Waals surface area contributed by atoms with Crippen LogP contribution in [-0.4, -0.2) is 74.6 Å². The molecule has 1 aromatic carbocycles. The lowest BCUT2D eigenvalue weighted by molar-refractivity contribution is -0.0136. The number of benzene rings is 1. The molecule has 0 amide bonds. The van der Waals surface area contributed by atoms with Crippen molar-refractivity contribution < 1.29 is 19.3 Å². The molecule has 2 fully saturated rings. The number of halogens is 1. The highest BCUT2D eigenvalue weighted by molar-refractivity contribution is 5.88. The Hall–Kier alpha value is -2.72. The largest absolute Gasteiger partial charge is 0.392 e. The molecule has 2 aromatic heterocycles. The molecule has 0 saturated carbocycles. The fourth-order valence-corrected chi connectivity index (χ4v) is 5.10. The van der Waals surface area contributed by atoms with E-state index in [0.717, 1.165) is 42.2 Å². The predicted molar refractivity (Wildman–Crippen MR) is 132 cm³/mol. The Kier molecular flexibility index (Phi) is 6.93. The predicted octanol–water partition coefficient (Wildman–Crippen LogP) is 3.08. The average molecular weight is 482 g/mol. The number of aromatic nitrogens is 3. The maximum atomic E-state index is 14.9. The molecule has 5 rings (SSSR count). The summed E-state index contributed by atoms with van der Waals surface area (Å²) in [6.45, 7) is 7.34. The number of hydrogen-bond acceptors (Lipinski definition) is 8. The van der Waals surface area contributed by atoms with Crippen molar-refractivity contribution in [2.24, 2.45) is 0 Å². The van der Waals surface area contributed by atoms with Gasteiger partial charge in [-0.3, -0.25) is 9.88 Å². The molecule has 4 heterocycles. The Morgan fingerprint density at radius 3 is 2.80 bits per heavy atom. The van der Waals surface area contributed by atoms with E-state index in [1.807, 2.05) is 24.4 Å². The number of hydrogen-bond donors (Lipinski definition) is 3. The number of ether oxygens (including phenoxy) is 1. The van der Waals surface area contributed by atoms with Gasteiger partial charge in [-0.05, 0) is 42.0 Å². The topological polar surface area (TPSA) is 104 Å². The Morgan fingerprint density at radius 1 is 1.20 bits per heavy atom. The molecule has 3 atom stereocenters. The quantitative estimate of drug-likeness (QED) is 0.494. The van der Waals surface area contributed by atoms with Gasteiger partial charge in [-0.15, -0.1) is 0 Å². The van der Waals surface area contributed by atoms with Crippen molar-refractivity contribution in [2.45, 2.75) is 57.4 Å². The molecule has 0 spiro atoms. The minimum Gasteiger partial charge on any atom is -0.392 e. The number of nitrogens with zero attached hydrogens (tertiary/aromatic N) is 4. The van der Waals surface area contributed by atoms with Gasteiger partial charge in [0.2, 0.25) is 5.95 Å². The number of nitrogens with one attached hydrogen (secondary N) is 1. The van der Waals surface area contributed by atoms with E-state index in [1.54, 1.807) is 0 Å². The van der Waals surface area contributed by atoms with Crippen LogP contribution in [0.1, 0.15) is 43.7 Å². The summed E-state index contributed by atoms with van der Waals surface area (Å²) in [5.41, 5.74) is 3.99. The van der Waals surface area contributed by atoms with E-state index in [9.17, 15) is 14.6 Å². The molecule has 35 heavy (non-hydrogen) atoms. The molecule has 3 N–H and O–H groups in total. The number of anilines is 1. The van der Waals surface area contributed by atoms with Gasteiger partial charge >= 0.3 is 0 Å². The van der Waals surface area contributed by atoms with Crippen molar-refractivity contribution in [3.05, 3.63) is 47.5 Å². The molecule has 2 saturated heterocycles. The van der Waals surface area contributed by atoms with Crippen LogP contribution in [-0.2, 0) is 11.3 Å². The zero-order valence-electron chi connectivity index (χ0n) is 20.1. The lowest BCUT2D eigenvalue weighted by Crippen LogP contribution is -2.42. The summed E-state index contributed by atoms with van der Waals surface area (Å²) in [4.78, 5) is 15.5. The van der Waals surface area contributed by atoms with Gasteiger partial charge in [0.05, 0.1) is 36.6 Å². The molecule has 2 aliphatic rings. The van der Waals surface area contributed by atoms with Crippen LogP contribution in [0, 0.1) is 5.82 Å². The molecular weight excluding hydrogens is 449 g/mol. The zero-order chi connectivity index (χ0) is 24.5. The van der Waals surface area contributed by atoms with Crippen LogP contribution in [0.5, 0.6) is 0 Å². The van der Waals surface area contributed by atoms with Gasteiger partial charge < -0.3 is 20.3 Å². The van der Waals surface area contributed by atoms with Gasteiger partial charge in [0, 0.05) is 43.4 Å². The number of aliphatic hydroxyl groups excluding tert-OH is 2. The average Bonchev–Trinajstić information content (AvgIpc) is 3.25. The molecule has 3 aromatic rings. The van der Waals surface area contributed by atoms with Crippen molar-refractivity contribution in [1.82, 2.24) is 19.9 Å². The molecule has 0 unspecified atom stereocenters. The highest BCUT2D eigenvalue weighted by Gasteiger charge is 2.25. The summed E-state index contributed by atoms with van der Waals surface area (Å²) in [6, 6.07) is 5.44. The summed E-state index contributed by atoms with van der Waals surface area (Å²) in [6.07, 6.45) is 3.55. The molecule has 2 aliphatic heterocycles. The van der Waals surface area contributed by atoms with E-state index in [0.29, 0.717) is 25.1 Å². The standard InChI is InChI=1S/C26H32FN5O3/c1-15(2)24-17(12-32-7-5-18(33)13-32)10-28-21-4-3-16(9-19(21)24)25-20(27)11-29-26(31-25)30-22-6-8-35-14-23(22)34/h3-4,9-11,15,18,22-23,33-34H,5-8,12-14H2,1-2H3,(H,29,30,31)/t18-,22+,23+/m0/s1. The lowest BCUT2D eigenvalue weighted by Gasteiger charge is -2.28. The maximum absolute atomic E-state index is 14.9. The molecule has 0 radical (unpaired) electrons. The smallest absolute Gasteiger partial charge is 0.223 e. The maximum Gasteiger partial charge on any atom is 0.223 e. The third-order valence-corrected chi connectivity index (χ3v) is 6.87. The molecule has 0 aliphatic carbocycles. The minimum absolute atomic E-state index is 0.203. The van der Waals surface area contributed by atoms with Gasteiger partial charge in [-0.2, -0.15) is 0 Å². The number of aliphatic hydroxyl groups is 2. The second kappa shape index (κ2) is 10.1. The van der Waals surface area contributed by atoms with Crippen LogP contribution < -0.4 is 5.32 Å². The van der Waals surface area contributed by atoms with Gasteiger partial charge in [-0.1, -0.05) is 19.9 Å². The van der Waals surface area contributed by atoms with E-state index in [2.05, 4.69) is 39.0 Å². The Balaban J connectivity index is 1.50. The van der Waals surface area contributed by atoms with Crippen molar-refractivity contribution in [3.8, 4) is 11.3 Å². The summed E-state index contributed by atoms with van der Waals surface area (Å²) in [5, 5.41) is 24.2. The minimum atomic E-state index is -0.670. The first-order chi connectivity index (χ1) is 16.9. The van der Waals surface area contributed by atoms with Gasteiger partial charge in [0.1, 0.15) is 5.69 Å². The Bertz CT molecular complexity index is 1210. The van der Waals surface area contributed by atoms with E-state index in [-0.39, 0.29) is 36.3 Å². The monoisotopic (exact) mass is 481 g/mol. The van der Waals surface area contributed by atoms with Crippen molar-refractivity contribution in [2.75, 3.05) is 31.6 Å². The number of likely N-dealkylation sites (tertiary alicyclic amines) is 1. The first-order valence-corrected chi connectivity index (χ1v) is 12.3. The van der Waals surface area contributed by atoms with Crippen molar-refractivity contribution >= 4 is 16.9 Å². The highest BCUT2D eigenvalue weighted by atomic mass is 19.1. The molecule has 0 bridgehead atoms. The first-order valence-electron chi connectivity index (χ1n) is 12.3. The van der Waals surface area contributed by atoms with Crippen molar-refractivity contribution in [1.29, 1.82) is 0 Å². The van der Waals surface area contributed by atoms with Crippen LogP contribution in [0.25, 0.3) is 22.2 Å².